The highest BCUT2D eigenvalue weighted by molar-refractivity contribution is 7.19. The number of fused-ring (bicyclic) bond motifs is 8. The molecule has 6 aromatic rings. The molecule has 2 amide bonds. The minimum atomic E-state index is -0.901. The van der Waals surface area contributed by atoms with Crippen LogP contribution in [-0.2, 0) is 20.7 Å². The van der Waals surface area contributed by atoms with Crippen molar-refractivity contribution < 1.29 is 9.59 Å². The Bertz CT molecular complexity index is 1980. The Labute approximate surface area is 272 Å². The molecular weight excluding hydrogens is 585 g/mol. The van der Waals surface area contributed by atoms with Crippen LogP contribution in [-0.4, -0.2) is 23.8 Å². The molecule has 5 aromatic carbocycles. The van der Waals surface area contributed by atoms with E-state index in [9.17, 15) is 0 Å². The monoisotopic (exact) mass is 614 g/mol. The molecule has 3 aliphatic heterocycles. The number of hydrogen-bond acceptors (Lipinski definition) is 4. The highest BCUT2D eigenvalue weighted by Gasteiger charge is 2.81. The number of imide groups is 1. The summed E-state index contributed by atoms with van der Waals surface area (Å²) in [4.78, 5) is 36.3. The summed E-state index contributed by atoms with van der Waals surface area (Å²) in [6, 6.07) is 51.3. The first kappa shape index (κ1) is 27.2. The summed E-state index contributed by atoms with van der Waals surface area (Å²) >= 11 is 1.78. The third kappa shape index (κ3) is 3.26. The first-order valence-electron chi connectivity index (χ1n) is 15.7. The van der Waals surface area contributed by atoms with E-state index in [1.165, 1.54) is 4.90 Å². The van der Waals surface area contributed by atoms with Gasteiger partial charge in [0.1, 0.15) is 0 Å². The van der Waals surface area contributed by atoms with E-state index in [4.69, 9.17) is 0 Å². The first-order chi connectivity index (χ1) is 22.6. The van der Waals surface area contributed by atoms with Crippen LogP contribution in [0.2, 0.25) is 0 Å². The van der Waals surface area contributed by atoms with Crippen molar-refractivity contribution in [2.45, 2.75) is 11.1 Å². The van der Waals surface area contributed by atoms with E-state index in [1.54, 1.807) is 11.3 Å². The van der Waals surface area contributed by atoms with Crippen LogP contribution in [0.4, 0.5) is 5.69 Å². The molecule has 0 spiro atoms. The number of rotatable bonds is 5. The van der Waals surface area contributed by atoms with E-state index in [-0.39, 0.29) is 11.8 Å². The third-order valence-electron chi connectivity index (χ3n) is 10.4. The molecule has 4 heterocycles. The van der Waals surface area contributed by atoms with E-state index < -0.39 is 22.9 Å². The molecule has 222 valence electrons. The first-order valence-corrected chi connectivity index (χ1v) is 16.5. The topological polar surface area (TPSA) is 40.6 Å². The predicted octanol–water partition coefficient (Wildman–Crippen LogP) is 8.33. The largest absolute Gasteiger partial charge is 0.278 e. The van der Waals surface area contributed by atoms with Crippen LogP contribution >= 0.6 is 11.3 Å². The molecule has 0 radical (unpaired) electrons. The zero-order valence-electron chi connectivity index (χ0n) is 25.2. The Hall–Kier alpha value is -5.10. The number of thiophene rings is 1. The Kier molecular flexibility index (Phi) is 5.89. The fraction of sp³-hybridized carbons (Fsp3) is 0.122. The van der Waals surface area contributed by atoms with Gasteiger partial charge in [0.05, 0.1) is 28.6 Å². The summed E-state index contributed by atoms with van der Waals surface area (Å²) in [5, 5.41) is 0. The lowest BCUT2D eigenvalue weighted by atomic mass is 9.61. The van der Waals surface area contributed by atoms with E-state index in [2.05, 4.69) is 109 Å². The van der Waals surface area contributed by atoms with Gasteiger partial charge in [-0.05, 0) is 41.4 Å². The van der Waals surface area contributed by atoms with Crippen molar-refractivity contribution in [2.75, 3.05) is 11.9 Å². The SMILES string of the molecule is CN1C2(c3ccccc3)c3c(-c4ccccc4)sc(-c4ccccc4)c3C1(c1ccccc1)C1C(=O)N(c3ccccc3)C(=O)C12. The number of nitrogens with zero attached hydrogens (tertiary/aromatic N) is 2. The van der Waals surface area contributed by atoms with Gasteiger partial charge in [-0.3, -0.25) is 14.5 Å². The summed E-state index contributed by atoms with van der Waals surface area (Å²) in [5.74, 6) is -1.57. The Morgan fingerprint density at radius 3 is 1.24 bits per heavy atom. The van der Waals surface area contributed by atoms with Crippen LogP contribution in [0, 0.1) is 11.8 Å². The number of carbonyl (C=O) groups is 2. The van der Waals surface area contributed by atoms with Gasteiger partial charge in [-0.25, -0.2) is 4.90 Å². The molecule has 3 aliphatic rings. The molecule has 4 nitrogen and oxygen atoms in total. The molecule has 9 rings (SSSR count). The van der Waals surface area contributed by atoms with Gasteiger partial charge in [0.25, 0.3) is 0 Å². The van der Waals surface area contributed by atoms with Crippen LogP contribution in [0.15, 0.2) is 152 Å². The lowest BCUT2D eigenvalue weighted by molar-refractivity contribution is -0.124. The average molecular weight is 615 g/mol. The second kappa shape index (κ2) is 9.95. The third-order valence-corrected chi connectivity index (χ3v) is 11.7. The molecule has 1 aromatic heterocycles. The fourth-order valence-corrected chi connectivity index (χ4v) is 10.3. The minimum Gasteiger partial charge on any atom is -0.278 e. The van der Waals surface area contributed by atoms with Crippen molar-refractivity contribution in [3.63, 3.8) is 0 Å². The molecular formula is C41H30N2O2S. The molecule has 4 unspecified atom stereocenters. The van der Waals surface area contributed by atoms with E-state index in [0.29, 0.717) is 5.69 Å². The van der Waals surface area contributed by atoms with Crippen LogP contribution in [0.25, 0.3) is 20.9 Å². The number of carbonyl (C=O) groups excluding carboxylic acids is 2. The van der Waals surface area contributed by atoms with E-state index in [1.807, 2.05) is 54.6 Å². The number of para-hydroxylation sites is 1. The minimum absolute atomic E-state index is 0.146. The van der Waals surface area contributed by atoms with Crippen molar-refractivity contribution in [1.29, 1.82) is 0 Å². The van der Waals surface area contributed by atoms with Crippen molar-refractivity contribution in [1.82, 2.24) is 4.90 Å². The van der Waals surface area contributed by atoms with Gasteiger partial charge in [0, 0.05) is 20.9 Å². The Morgan fingerprint density at radius 1 is 0.500 bits per heavy atom. The van der Waals surface area contributed by atoms with Gasteiger partial charge in [-0.1, -0.05) is 140 Å². The van der Waals surface area contributed by atoms with E-state index in [0.717, 1.165) is 43.1 Å². The summed E-state index contributed by atoms with van der Waals surface area (Å²) in [6.07, 6.45) is 0. The number of anilines is 1. The maximum Gasteiger partial charge on any atom is 0.240 e. The lowest BCUT2D eigenvalue weighted by Crippen LogP contribution is -2.50. The van der Waals surface area contributed by atoms with Crippen LogP contribution in [0.1, 0.15) is 22.3 Å². The number of benzene rings is 5. The van der Waals surface area contributed by atoms with Crippen molar-refractivity contribution in [3.05, 3.63) is 174 Å². The molecule has 2 bridgehead atoms. The van der Waals surface area contributed by atoms with Gasteiger partial charge in [0.15, 0.2) is 0 Å². The average Bonchev–Trinajstić information content (AvgIpc) is 3.79. The second-order valence-corrected chi connectivity index (χ2v) is 13.4. The van der Waals surface area contributed by atoms with Gasteiger partial charge < -0.3 is 0 Å². The quantitative estimate of drug-likeness (QED) is 0.183. The molecule has 0 N–H and O–H groups in total. The maximum atomic E-state index is 15.1. The molecule has 2 fully saturated rings. The summed E-state index contributed by atoms with van der Waals surface area (Å²) in [5.41, 5.74) is 5.36. The van der Waals surface area contributed by atoms with Gasteiger partial charge in [-0.2, -0.15) is 0 Å². The highest BCUT2D eigenvalue weighted by Crippen LogP contribution is 2.75. The normalized spacial score (nSPS) is 24.8. The number of hydrogen-bond donors (Lipinski definition) is 0. The maximum absolute atomic E-state index is 15.1. The summed E-state index contributed by atoms with van der Waals surface area (Å²) < 4.78 is 0. The Balaban J connectivity index is 1.47. The van der Waals surface area contributed by atoms with Crippen LogP contribution in [0.3, 0.4) is 0 Å². The van der Waals surface area contributed by atoms with E-state index >= 15 is 9.59 Å². The molecule has 0 saturated carbocycles. The fourth-order valence-electron chi connectivity index (χ4n) is 8.85. The molecule has 5 heteroatoms. The standard InChI is InChI=1S/C41H30N2O2S/c1-42-40(29-21-11-4-12-22-29)32-33(37(28-19-9-3-10-20-28)46-36(32)27-17-7-2-8-18-27)41(42,30-23-13-5-14-24-30)35-34(40)38(44)43(39(35)45)31-25-15-6-16-26-31/h2-26,34-35H,1H3. The molecule has 46 heavy (non-hydrogen) atoms. The molecule has 4 atom stereocenters. The zero-order valence-corrected chi connectivity index (χ0v) is 26.0. The van der Waals surface area contributed by atoms with Crippen LogP contribution < -0.4 is 4.90 Å². The molecule has 2 saturated heterocycles. The van der Waals surface area contributed by atoms with Gasteiger partial charge >= 0.3 is 0 Å². The van der Waals surface area contributed by atoms with Crippen molar-refractivity contribution in [3.8, 4) is 20.9 Å². The van der Waals surface area contributed by atoms with Crippen molar-refractivity contribution in [2.24, 2.45) is 11.8 Å². The van der Waals surface area contributed by atoms with Gasteiger partial charge in [-0.15, -0.1) is 11.3 Å². The van der Waals surface area contributed by atoms with Gasteiger partial charge in [0.2, 0.25) is 11.8 Å². The Morgan fingerprint density at radius 2 is 0.848 bits per heavy atom. The predicted molar refractivity (Wildman–Crippen MR) is 183 cm³/mol. The lowest BCUT2D eigenvalue weighted by Gasteiger charge is -2.41. The highest BCUT2D eigenvalue weighted by atomic mass is 32.1. The smallest absolute Gasteiger partial charge is 0.240 e. The van der Waals surface area contributed by atoms with Crippen molar-refractivity contribution >= 4 is 28.8 Å². The molecule has 0 aliphatic carbocycles. The van der Waals surface area contributed by atoms with Crippen LogP contribution in [0.5, 0.6) is 0 Å². The zero-order chi connectivity index (χ0) is 31.0. The summed E-state index contributed by atoms with van der Waals surface area (Å²) in [7, 11) is 2.14. The second-order valence-electron chi connectivity index (χ2n) is 12.4. The number of amides is 2. The summed E-state index contributed by atoms with van der Waals surface area (Å²) in [6.45, 7) is 0.